The van der Waals surface area contributed by atoms with Gasteiger partial charge in [0.05, 0.1) is 12.0 Å². The highest BCUT2D eigenvalue weighted by Gasteiger charge is 2.31. The number of hydrogen-bond acceptors (Lipinski definition) is 4. The predicted octanol–water partition coefficient (Wildman–Crippen LogP) is 3.29. The van der Waals surface area contributed by atoms with Gasteiger partial charge in [0.2, 0.25) is 10.0 Å². The summed E-state index contributed by atoms with van der Waals surface area (Å²) < 4.78 is 32.7. The van der Waals surface area contributed by atoms with Gasteiger partial charge in [-0.05, 0) is 48.6 Å². The molecule has 0 bridgehead atoms. The van der Waals surface area contributed by atoms with Crippen molar-refractivity contribution < 1.29 is 17.9 Å². The average molecular weight is 417 g/mol. The Bertz CT molecular complexity index is 947. The van der Waals surface area contributed by atoms with E-state index in [-0.39, 0.29) is 10.8 Å². The Kier molecular flexibility index (Phi) is 6.59. The van der Waals surface area contributed by atoms with E-state index in [0.717, 1.165) is 12.0 Å². The number of rotatable bonds is 6. The molecule has 29 heavy (non-hydrogen) atoms. The summed E-state index contributed by atoms with van der Waals surface area (Å²) in [6.45, 7) is 5.55. The van der Waals surface area contributed by atoms with E-state index in [4.69, 9.17) is 4.74 Å². The molecule has 2 aromatic carbocycles. The number of nitrogens with zero attached hydrogens (tertiary/aromatic N) is 1. The first-order valence-electron chi connectivity index (χ1n) is 9.81. The van der Waals surface area contributed by atoms with Crippen molar-refractivity contribution in [2.45, 2.75) is 31.7 Å². The van der Waals surface area contributed by atoms with Gasteiger partial charge in [0.1, 0.15) is 5.75 Å². The maximum absolute atomic E-state index is 13.0. The number of ether oxygens (including phenoxy) is 1. The number of benzene rings is 2. The summed E-state index contributed by atoms with van der Waals surface area (Å²) in [6, 6.07) is 13.6. The molecule has 0 radical (unpaired) electrons. The highest BCUT2D eigenvalue weighted by atomic mass is 32.2. The third-order valence-corrected chi connectivity index (χ3v) is 7.07. The van der Waals surface area contributed by atoms with Crippen LogP contribution in [0.2, 0.25) is 0 Å². The predicted molar refractivity (Wildman–Crippen MR) is 112 cm³/mol. The molecular formula is C22H28N2O4S. The quantitative estimate of drug-likeness (QED) is 0.784. The normalized spacial score (nSPS) is 20.2. The van der Waals surface area contributed by atoms with Gasteiger partial charge in [-0.3, -0.25) is 4.79 Å². The molecule has 156 valence electrons. The van der Waals surface area contributed by atoms with Crippen LogP contribution < -0.4 is 10.1 Å². The number of carbonyl (C=O) groups excluding carboxylic acids is 1. The SMILES string of the molecule is COc1ccccc1CNC(=O)c1ccc(S(=O)(=O)N2CC(C)CC(C)C2)cc1. The van der Waals surface area contributed by atoms with E-state index in [2.05, 4.69) is 19.2 Å². The Morgan fingerprint density at radius 1 is 1.07 bits per heavy atom. The summed E-state index contributed by atoms with van der Waals surface area (Å²) in [5, 5.41) is 2.84. The Morgan fingerprint density at radius 3 is 2.31 bits per heavy atom. The van der Waals surface area contributed by atoms with Gasteiger partial charge in [-0.15, -0.1) is 0 Å². The molecule has 1 N–H and O–H groups in total. The lowest BCUT2D eigenvalue weighted by Gasteiger charge is -2.34. The molecule has 1 saturated heterocycles. The van der Waals surface area contributed by atoms with Crippen molar-refractivity contribution in [1.29, 1.82) is 0 Å². The maximum atomic E-state index is 13.0. The van der Waals surface area contributed by atoms with Gasteiger partial charge in [0.25, 0.3) is 5.91 Å². The highest BCUT2D eigenvalue weighted by Crippen LogP contribution is 2.26. The average Bonchev–Trinajstić information content (AvgIpc) is 2.71. The van der Waals surface area contributed by atoms with Crippen LogP contribution in [0, 0.1) is 11.8 Å². The van der Waals surface area contributed by atoms with Crippen LogP contribution in [-0.2, 0) is 16.6 Å². The number of nitrogens with one attached hydrogen (secondary N) is 1. The topological polar surface area (TPSA) is 75.7 Å². The van der Waals surface area contributed by atoms with Crippen LogP contribution in [-0.4, -0.2) is 38.8 Å². The van der Waals surface area contributed by atoms with E-state index >= 15 is 0 Å². The molecule has 1 fully saturated rings. The highest BCUT2D eigenvalue weighted by molar-refractivity contribution is 7.89. The molecule has 3 rings (SSSR count). The van der Waals surface area contributed by atoms with E-state index in [1.807, 2.05) is 24.3 Å². The van der Waals surface area contributed by atoms with E-state index < -0.39 is 10.0 Å². The van der Waals surface area contributed by atoms with Crippen LogP contribution in [0.3, 0.4) is 0 Å². The zero-order valence-corrected chi connectivity index (χ0v) is 17.9. The number of para-hydroxylation sites is 1. The molecule has 1 aliphatic rings. The molecule has 0 spiro atoms. The molecular weight excluding hydrogens is 388 g/mol. The lowest BCUT2D eigenvalue weighted by Crippen LogP contribution is -2.42. The summed E-state index contributed by atoms with van der Waals surface area (Å²) in [6.07, 6.45) is 1.04. The number of carbonyl (C=O) groups is 1. The van der Waals surface area contributed by atoms with Gasteiger partial charge in [-0.1, -0.05) is 32.0 Å². The fourth-order valence-corrected chi connectivity index (χ4v) is 5.54. The molecule has 0 aliphatic carbocycles. The minimum atomic E-state index is -3.55. The van der Waals surface area contributed by atoms with Crippen LogP contribution in [0.5, 0.6) is 5.75 Å². The molecule has 0 aromatic heterocycles. The standard InChI is InChI=1S/C22H28N2O4S/c1-16-12-17(2)15-24(14-16)29(26,27)20-10-8-18(9-11-20)22(25)23-13-19-6-4-5-7-21(19)28-3/h4-11,16-17H,12-15H2,1-3H3,(H,23,25). The first-order chi connectivity index (χ1) is 13.8. The molecule has 2 unspecified atom stereocenters. The minimum Gasteiger partial charge on any atom is -0.496 e. The Hall–Kier alpha value is -2.38. The number of hydrogen-bond donors (Lipinski definition) is 1. The molecule has 7 heteroatoms. The van der Waals surface area contributed by atoms with E-state index in [9.17, 15) is 13.2 Å². The third-order valence-electron chi connectivity index (χ3n) is 5.22. The van der Waals surface area contributed by atoms with Crippen molar-refractivity contribution in [1.82, 2.24) is 9.62 Å². The summed E-state index contributed by atoms with van der Waals surface area (Å²) in [5.74, 6) is 1.13. The van der Waals surface area contributed by atoms with Crippen molar-refractivity contribution >= 4 is 15.9 Å². The van der Waals surface area contributed by atoms with Crippen molar-refractivity contribution in [2.24, 2.45) is 11.8 Å². The maximum Gasteiger partial charge on any atom is 0.251 e. The lowest BCUT2D eigenvalue weighted by atomic mass is 9.94. The van der Waals surface area contributed by atoms with Gasteiger partial charge in [0.15, 0.2) is 0 Å². The molecule has 1 amide bonds. The number of piperidine rings is 1. The largest absolute Gasteiger partial charge is 0.496 e. The van der Waals surface area contributed by atoms with Crippen molar-refractivity contribution in [3.63, 3.8) is 0 Å². The van der Waals surface area contributed by atoms with Crippen molar-refractivity contribution in [3.05, 3.63) is 59.7 Å². The second kappa shape index (κ2) is 8.97. The Labute approximate surface area is 172 Å². The van der Waals surface area contributed by atoms with Gasteiger partial charge < -0.3 is 10.1 Å². The number of amides is 1. The van der Waals surface area contributed by atoms with Gasteiger partial charge in [0, 0.05) is 30.8 Å². The fourth-order valence-electron chi connectivity index (χ4n) is 3.86. The first-order valence-corrected chi connectivity index (χ1v) is 11.3. The van der Waals surface area contributed by atoms with Crippen molar-refractivity contribution in [2.75, 3.05) is 20.2 Å². The van der Waals surface area contributed by atoms with Crippen LogP contribution in [0.4, 0.5) is 0 Å². The monoisotopic (exact) mass is 416 g/mol. The number of methoxy groups -OCH3 is 1. The van der Waals surface area contributed by atoms with Crippen LogP contribution >= 0.6 is 0 Å². The Morgan fingerprint density at radius 2 is 1.69 bits per heavy atom. The van der Waals surface area contributed by atoms with E-state index in [0.29, 0.717) is 42.8 Å². The fraction of sp³-hybridized carbons (Fsp3) is 0.409. The Balaban J connectivity index is 1.68. The van der Waals surface area contributed by atoms with Crippen molar-refractivity contribution in [3.8, 4) is 5.75 Å². The molecule has 0 saturated carbocycles. The zero-order valence-electron chi connectivity index (χ0n) is 17.1. The second-order valence-corrected chi connectivity index (χ2v) is 9.72. The van der Waals surface area contributed by atoms with E-state index in [1.165, 1.54) is 12.1 Å². The zero-order chi connectivity index (χ0) is 21.0. The van der Waals surface area contributed by atoms with Crippen LogP contribution in [0.15, 0.2) is 53.4 Å². The smallest absolute Gasteiger partial charge is 0.251 e. The second-order valence-electron chi connectivity index (χ2n) is 7.79. The molecule has 1 aliphatic heterocycles. The number of sulfonamides is 1. The molecule has 1 heterocycles. The molecule has 6 nitrogen and oxygen atoms in total. The molecule has 2 atom stereocenters. The van der Waals surface area contributed by atoms with Crippen LogP contribution in [0.25, 0.3) is 0 Å². The minimum absolute atomic E-state index is 0.222. The van der Waals surface area contributed by atoms with Gasteiger partial charge in [-0.25, -0.2) is 8.42 Å². The summed E-state index contributed by atoms with van der Waals surface area (Å²) in [7, 11) is -1.96. The van der Waals surface area contributed by atoms with Gasteiger partial charge in [-0.2, -0.15) is 4.31 Å². The van der Waals surface area contributed by atoms with E-state index in [1.54, 1.807) is 23.5 Å². The lowest BCUT2D eigenvalue weighted by molar-refractivity contribution is 0.0950. The van der Waals surface area contributed by atoms with Crippen LogP contribution in [0.1, 0.15) is 36.2 Å². The summed E-state index contributed by atoms with van der Waals surface area (Å²) in [5.41, 5.74) is 1.29. The summed E-state index contributed by atoms with van der Waals surface area (Å²) >= 11 is 0. The first kappa shape index (κ1) is 21.3. The third kappa shape index (κ3) is 4.97. The molecule has 2 aromatic rings. The summed E-state index contributed by atoms with van der Waals surface area (Å²) in [4.78, 5) is 12.7. The van der Waals surface area contributed by atoms with Gasteiger partial charge >= 0.3 is 0 Å².